The highest BCUT2D eigenvalue weighted by molar-refractivity contribution is 5.77. The number of carbonyl (C=O) groups excluding carboxylic acids is 1. The summed E-state index contributed by atoms with van der Waals surface area (Å²) in [4.78, 5) is 19.4. The molecule has 1 amide bonds. The standard InChI is InChI=1S/C21H24N4O/c1-14-12-20-22-15(2)19(16(3)25(20)23-14)8-9-21(26)24-11-10-17-6-4-5-7-18(17)13-24/h4-7,12H,8-11,13H2,1-3H3. The Labute approximate surface area is 153 Å². The minimum absolute atomic E-state index is 0.218. The minimum atomic E-state index is 0.218. The molecule has 0 unspecified atom stereocenters. The van der Waals surface area contributed by atoms with Gasteiger partial charge in [-0.05, 0) is 50.3 Å². The first-order valence-electron chi connectivity index (χ1n) is 9.20. The van der Waals surface area contributed by atoms with E-state index in [4.69, 9.17) is 0 Å². The molecule has 0 aliphatic carbocycles. The maximum absolute atomic E-state index is 12.8. The van der Waals surface area contributed by atoms with Crippen LogP contribution in [-0.2, 0) is 24.2 Å². The molecule has 26 heavy (non-hydrogen) atoms. The number of aromatic nitrogens is 3. The summed E-state index contributed by atoms with van der Waals surface area (Å²) in [7, 11) is 0. The lowest BCUT2D eigenvalue weighted by atomic mass is 9.99. The second kappa shape index (κ2) is 6.56. The third-order valence-electron chi connectivity index (χ3n) is 5.36. The molecule has 0 fully saturated rings. The molecular weight excluding hydrogens is 324 g/mol. The molecule has 5 nitrogen and oxygen atoms in total. The summed E-state index contributed by atoms with van der Waals surface area (Å²) in [5.41, 5.74) is 7.68. The first-order valence-corrected chi connectivity index (χ1v) is 9.20. The van der Waals surface area contributed by atoms with Crippen LogP contribution in [0.15, 0.2) is 30.3 Å². The van der Waals surface area contributed by atoms with Crippen molar-refractivity contribution in [3.63, 3.8) is 0 Å². The Bertz CT molecular complexity index is 989. The topological polar surface area (TPSA) is 50.5 Å². The van der Waals surface area contributed by atoms with E-state index in [2.05, 4.69) is 35.2 Å². The van der Waals surface area contributed by atoms with Gasteiger partial charge in [-0.3, -0.25) is 4.79 Å². The zero-order valence-corrected chi connectivity index (χ0v) is 15.6. The average molecular weight is 348 g/mol. The van der Waals surface area contributed by atoms with Crippen LogP contribution in [0.2, 0.25) is 0 Å². The number of hydrogen-bond donors (Lipinski definition) is 0. The molecule has 3 aromatic rings. The van der Waals surface area contributed by atoms with Crippen molar-refractivity contribution in [2.75, 3.05) is 6.54 Å². The largest absolute Gasteiger partial charge is 0.338 e. The lowest BCUT2D eigenvalue weighted by Crippen LogP contribution is -2.36. The molecule has 4 rings (SSSR count). The maximum Gasteiger partial charge on any atom is 0.223 e. The first kappa shape index (κ1) is 16.8. The Morgan fingerprint density at radius 1 is 1.15 bits per heavy atom. The molecule has 0 bridgehead atoms. The summed E-state index contributed by atoms with van der Waals surface area (Å²) in [6, 6.07) is 10.4. The van der Waals surface area contributed by atoms with Gasteiger partial charge in [-0.25, -0.2) is 9.50 Å². The Morgan fingerprint density at radius 2 is 1.92 bits per heavy atom. The molecule has 1 aliphatic heterocycles. The number of rotatable bonds is 3. The number of carbonyl (C=O) groups is 1. The van der Waals surface area contributed by atoms with Crippen LogP contribution in [-0.4, -0.2) is 31.9 Å². The van der Waals surface area contributed by atoms with Crippen LogP contribution >= 0.6 is 0 Å². The van der Waals surface area contributed by atoms with Gasteiger partial charge in [0.05, 0.1) is 5.69 Å². The second-order valence-electron chi connectivity index (χ2n) is 7.15. The van der Waals surface area contributed by atoms with Gasteiger partial charge in [0.2, 0.25) is 5.91 Å². The van der Waals surface area contributed by atoms with Crippen LogP contribution in [0.25, 0.3) is 5.65 Å². The number of benzene rings is 1. The van der Waals surface area contributed by atoms with Gasteiger partial charge in [-0.2, -0.15) is 5.10 Å². The van der Waals surface area contributed by atoms with E-state index >= 15 is 0 Å². The molecule has 5 heteroatoms. The summed E-state index contributed by atoms with van der Waals surface area (Å²) in [5.74, 6) is 0.218. The highest BCUT2D eigenvalue weighted by Gasteiger charge is 2.21. The summed E-state index contributed by atoms with van der Waals surface area (Å²) in [5, 5.41) is 4.52. The van der Waals surface area contributed by atoms with E-state index in [9.17, 15) is 4.79 Å². The van der Waals surface area contributed by atoms with Crippen molar-refractivity contribution >= 4 is 11.6 Å². The van der Waals surface area contributed by atoms with Gasteiger partial charge in [0.15, 0.2) is 5.65 Å². The van der Waals surface area contributed by atoms with Gasteiger partial charge < -0.3 is 4.90 Å². The molecular formula is C21H24N4O. The quantitative estimate of drug-likeness (QED) is 0.730. The van der Waals surface area contributed by atoms with E-state index in [0.717, 1.165) is 47.8 Å². The van der Waals surface area contributed by atoms with E-state index in [-0.39, 0.29) is 5.91 Å². The Balaban J connectivity index is 1.49. The summed E-state index contributed by atoms with van der Waals surface area (Å²) >= 11 is 0. The molecule has 0 N–H and O–H groups in total. The number of fused-ring (bicyclic) bond motifs is 2. The molecule has 1 aromatic carbocycles. The van der Waals surface area contributed by atoms with Gasteiger partial charge >= 0.3 is 0 Å². The highest BCUT2D eigenvalue weighted by atomic mass is 16.2. The van der Waals surface area contributed by atoms with E-state index in [0.29, 0.717) is 12.8 Å². The highest BCUT2D eigenvalue weighted by Crippen LogP contribution is 2.21. The van der Waals surface area contributed by atoms with E-state index < -0.39 is 0 Å². The fraction of sp³-hybridized carbons (Fsp3) is 0.381. The fourth-order valence-corrected chi connectivity index (χ4v) is 3.90. The van der Waals surface area contributed by atoms with Gasteiger partial charge in [0, 0.05) is 37.0 Å². The molecule has 1 aliphatic rings. The van der Waals surface area contributed by atoms with Crippen LogP contribution in [0, 0.1) is 20.8 Å². The first-order chi connectivity index (χ1) is 12.5. The molecule has 0 saturated heterocycles. The average Bonchev–Trinajstić information content (AvgIpc) is 3.01. The predicted molar refractivity (Wildman–Crippen MR) is 101 cm³/mol. The van der Waals surface area contributed by atoms with Crippen molar-refractivity contribution in [3.05, 3.63) is 64.1 Å². The zero-order valence-electron chi connectivity index (χ0n) is 15.6. The lowest BCUT2D eigenvalue weighted by Gasteiger charge is -2.29. The maximum atomic E-state index is 12.8. The molecule has 0 radical (unpaired) electrons. The normalized spacial score (nSPS) is 13.9. The van der Waals surface area contributed by atoms with Gasteiger partial charge in [-0.1, -0.05) is 24.3 Å². The van der Waals surface area contributed by atoms with Crippen LogP contribution in [0.1, 0.15) is 40.2 Å². The van der Waals surface area contributed by atoms with Crippen molar-refractivity contribution < 1.29 is 4.79 Å². The van der Waals surface area contributed by atoms with Gasteiger partial charge in [0.25, 0.3) is 0 Å². The van der Waals surface area contributed by atoms with Crippen molar-refractivity contribution in [2.24, 2.45) is 0 Å². The predicted octanol–water partition coefficient (Wildman–Crippen LogP) is 3.17. The van der Waals surface area contributed by atoms with Gasteiger partial charge in [-0.15, -0.1) is 0 Å². The molecule has 0 saturated carbocycles. The van der Waals surface area contributed by atoms with Crippen LogP contribution < -0.4 is 0 Å². The third kappa shape index (κ3) is 2.98. The van der Waals surface area contributed by atoms with Crippen molar-refractivity contribution in [1.82, 2.24) is 19.5 Å². The minimum Gasteiger partial charge on any atom is -0.338 e. The Morgan fingerprint density at radius 3 is 2.73 bits per heavy atom. The third-order valence-corrected chi connectivity index (χ3v) is 5.36. The summed E-state index contributed by atoms with van der Waals surface area (Å²) < 4.78 is 1.89. The lowest BCUT2D eigenvalue weighted by molar-refractivity contribution is -0.132. The van der Waals surface area contributed by atoms with Crippen LogP contribution in [0.3, 0.4) is 0 Å². The number of amides is 1. The Kier molecular flexibility index (Phi) is 4.23. The number of aryl methyl sites for hydroxylation is 3. The molecule has 134 valence electrons. The van der Waals surface area contributed by atoms with Crippen molar-refractivity contribution in [3.8, 4) is 0 Å². The molecule has 0 atom stereocenters. The van der Waals surface area contributed by atoms with E-state index in [1.165, 1.54) is 11.1 Å². The smallest absolute Gasteiger partial charge is 0.223 e. The molecule has 3 heterocycles. The van der Waals surface area contributed by atoms with Crippen LogP contribution in [0.4, 0.5) is 0 Å². The summed E-state index contributed by atoms with van der Waals surface area (Å²) in [6.07, 6.45) is 2.16. The van der Waals surface area contributed by atoms with Crippen LogP contribution in [0.5, 0.6) is 0 Å². The van der Waals surface area contributed by atoms with Crippen molar-refractivity contribution in [2.45, 2.75) is 46.6 Å². The molecule has 0 spiro atoms. The molecule has 2 aromatic heterocycles. The van der Waals surface area contributed by atoms with E-state index in [1.54, 1.807) is 0 Å². The SMILES string of the molecule is Cc1cc2nc(C)c(CCC(=O)N3CCc4ccccc4C3)c(C)n2n1. The van der Waals surface area contributed by atoms with Gasteiger partial charge in [0.1, 0.15) is 0 Å². The fourth-order valence-electron chi connectivity index (χ4n) is 3.90. The number of hydrogen-bond acceptors (Lipinski definition) is 3. The Hall–Kier alpha value is -2.69. The summed E-state index contributed by atoms with van der Waals surface area (Å²) in [6.45, 7) is 7.59. The number of nitrogens with zero attached hydrogens (tertiary/aromatic N) is 4. The zero-order chi connectivity index (χ0) is 18.3. The second-order valence-corrected chi connectivity index (χ2v) is 7.15. The van der Waals surface area contributed by atoms with Crippen molar-refractivity contribution in [1.29, 1.82) is 0 Å². The monoisotopic (exact) mass is 348 g/mol. The van der Waals surface area contributed by atoms with E-state index in [1.807, 2.05) is 35.4 Å².